The van der Waals surface area contributed by atoms with Gasteiger partial charge in [-0.15, -0.1) is 0 Å². The van der Waals surface area contributed by atoms with Gasteiger partial charge in [0.2, 0.25) is 5.76 Å². The van der Waals surface area contributed by atoms with Gasteiger partial charge < -0.3 is 19.7 Å². The molecule has 1 aromatic heterocycles. The van der Waals surface area contributed by atoms with Crippen molar-refractivity contribution < 1.29 is 36.7 Å². The second-order valence-corrected chi connectivity index (χ2v) is 5.74. The summed E-state index contributed by atoms with van der Waals surface area (Å²) in [5, 5.41) is 10.5. The summed E-state index contributed by atoms with van der Waals surface area (Å²) in [5.41, 5.74) is 0. The van der Waals surface area contributed by atoms with Crippen LogP contribution in [0.5, 0.6) is 0 Å². The molecule has 2 N–H and O–H groups in total. The van der Waals surface area contributed by atoms with Gasteiger partial charge in [0.25, 0.3) is 5.91 Å². The third kappa shape index (κ3) is 4.47. The minimum Gasteiger partial charge on any atom is -0.475 e. The summed E-state index contributed by atoms with van der Waals surface area (Å²) in [6.07, 6.45) is -2.70. The minimum absolute atomic E-state index is 0.155. The highest BCUT2D eigenvalue weighted by Gasteiger charge is 2.38. The predicted octanol–water partition coefficient (Wildman–Crippen LogP) is 1.73. The third-order valence-electron chi connectivity index (χ3n) is 3.83. The lowest BCUT2D eigenvalue weighted by Crippen LogP contribution is -2.52. The summed E-state index contributed by atoms with van der Waals surface area (Å²) in [7, 11) is 0. The van der Waals surface area contributed by atoms with Crippen LogP contribution < -0.4 is 5.32 Å². The molecular formula is C14H16F4N2O4. The number of aliphatic carboxylic acids is 1. The number of halogens is 4. The summed E-state index contributed by atoms with van der Waals surface area (Å²) < 4.78 is 49.9. The molecular weight excluding hydrogens is 336 g/mol. The first-order chi connectivity index (χ1) is 11.2. The molecule has 3 rings (SSSR count). The molecule has 1 amide bonds. The van der Waals surface area contributed by atoms with Crippen LogP contribution >= 0.6 is 0 Å². The highest BCUT2D eigenvalue weighted by molar-refractivity contribution is 5.91. The van der Waals surface area contributed by atoms with E-state index in [1.54, 1.807) is 4.90 Å². The van der Waals surface area contributed by atoms with Crippen molar-refractivity contribution in [2.45, 2.75) is 12.6 Å². The molecule has 2 aliphatic rings. The Bertz CT molecular complexity index is 590. The average molecular weight is 352 g/mol. The monoisotopic (exact) mass is 352 g/mol. The topological polar surface area (TPSA) is 82.8 Å². The van der Waals surface area contributed by atoms with Crippen molar-refractivity contribution in [3.63, 3.8) is 0 Å². The lowest BCUT2D eigenvalue weighted by atomic mass is 9.86. The molecule has 3 heterocycles. The molecule has 0 saturated carbocycles. The number of hydrogen-bond acceptors (Lipinski definition) is 4. The molecule has 2 aliphatic heterocycles. The van der Waals surface area contributed by atoms with Gasteiger partial charge in [0.1, 0.15) is 0 Å². The van der Waals surface area contributed by atoms with Crippen LogP contribution in [0.1, 0.15) is 17.0 Å². The standard InChI is InChI=1S/C12H15FN2O2.C2HF3O2/c13-10-1-2-17-11(10)12(16)15-6-8-3-9(7-15)5-14-4-8;3-2(4,5)1(6)7/h1-2,8-9,14H,3-7H2;(H,6,7)/t8-,9+;. The molecule has 10 heteroatoms. The first-order valence-electron chi connectivity index (χ1n) is 7.21. The van der Waals surface area contributed by atoms with Crippen molar-refractivity contribution in [1.82, 2.24) is 10.2 Å². The lowest BCUT2D eigenvalue weighted by Gasteiger charge is -2.41. The van der Waals surface area contributed by atoms with E-state index in [9.17, 15) is 22.4 Å². The van der Waals surface area contributed by atoms with Crippen molar-refractivity contribution in [1.29, 1.82) is 0 Å². The maximum atomic E-state index is 13.3. The number of carbonyl (C=O) groups excluding carboxylic acids is 1. The second kappa shape index (κ2) is 7.20. The molecule has 24 heavy (non-hydrogen) atoms. The molecule has 6 nitrogen and oxygen atoms in total. The van der Waals surface area contributed by atoms with E-state index in [2.05, 4.69) is 5.32 Å². The van der Waals surface area contributed by atoms with Crippen molar-refractivity contribution >= 4 is 11.9 Å². The molecule has 1 aromatic rings. The smallest absolute Gasteiger partial charge is 0.475 e. The van der Waals surface area contributed by atoms with Crippen molar-refractivity contribution in [2.24, 2.45) is 11.8 Å². The Labute approximate surface area is 134 Å². The largest absolute Gasteiger partial charge is 0.490 e. The molecule has 2 fully saturated rings. The van der Waals surface area contributed by atoms with Gasteiger partial charge in [-0.05, 0) is 31.3 Å². The van der Waals surface area contributed by atoms with Crippen LogP contribution in [-0.4, -0.2) is 54.2 Å². The highest BCUT2D eigenvalue weighted by atomic mass is 19.4. The van der Waals surface area contributed by atoms with E-state index < -0.39 is 18.0 Å². The summed E-state index contributed by atoms with van der Waals surface area (Å²) in [5.74, 6) is -2.81. The zero-order valence-corrected chi connectivity index (χ0v) is 12.5. The highest BCUT2D eigenvalue weighted by Crippen LogP contribution is 2.26. The van der Waals surface area contributed by atoms with Gasteiger partial charge in [-0.25, -0.2) is 9.18 Å². The molecule has 0 aromatic carbocycles. The SMILES string of the molecule is O=C(O)C(F)(F)F.O=C(c1occc1F)N1C[C@@H]2CNC[C@@H](C2)C1. The number of amides is 1. The van der Waals surface area contributed by atoms with Crippen LogP contribution in [0.2, 0.25) is 0 Å². The zero-order valence-electron chi connectivity index (χ0n) is 12.5. The number of carboxylic acids is 1. The number of fused-ring (bicyclic) bond motifs is 2. The van der Waals surface area contributed by atoms with E-state index in [0.717, 1.165) is 19.5 Å². The van der Waals surface area contributed by atoms with Gasteiger partial charge in [-0.3, -0.25) is 4.79 Å². The number of likely N-dealkylation sites (tertiary alicyclic amines) is 1. The van der Waals surface area contributed by atoms with Crippen molar-refractivity contribution in [3.05, 3.63) is 23.9 Å². The normalized spacial score (nSPS) is 23.2. The number of hydrogen-bond donors (Lipinski definition) is 2. The maximum Gasteiger partial charge on any atom is 0.490 e. The van der Waals surface area contributed by atoms with Gasteiger partial charge in [0, 0.05) is 19.2 Å². The Balaban J connectivity index is 0.000000256. The molecule has 2 saturated heterocycles. The first kappa shape index (κ1) is 18.2. The fourth-order valence-electron chi connectivity index (χ4n) is 2.86. The van der Waals surface area contributed by atoms with E-state index >= 15 is 0 Å². The quantitative estimate of drug-likeness (QED) is 0.753. The van der Waals surface area contributed by atoms with Crippen LogP contribution in [0, 0.1) is 17.7 Å². The molecule has 2 bridgehead atoms. The maximum absolute atomic E-state index is 13.3. The van der Waals surface area contributed by atoms with Gasteiger partial charge in [-0.1, -0.05) is 0 Å². The number of nitrogens with zero attached hydrogens (tertiary/aromatic N) is 1. The van der Waals surface area contributed by atoms with Gasteiger partial charge in [0.05, 0.1) is 6.26 Å². The third-order valence-corrected chi connectivity index (χ3v) is 3.83. The Morgan fingerprint density at radius 3 is 2.21 bits per heavy atom. The van der Waals surface area contributed by atoms with E-state index in [1.165, 1.54) is 12.3 Å². The number of carbonyl (C=O) groups is 2. The fraction of sp³-hybridized carbons (Fsp3) is 0.571. The molecule has 2 atom stereocenters. The van der Waals surface area contributed by atoms with Crippen molar-refractivity contribution in [3.8, 4) is 0 Å². The Morgan fingerprint density at radius 1 is 1.25 bits per heavy atom. The summed E-state index contributed by atoms with van der Waals surface area (Å²) >= 11 is 0. The average Bonchev–Trinajstić information content (AvgIpc) is 2.92. The number of piperidine rings is 2. The Kier molecular flexibility index (Phi) is 5.47. The Hall–Kier alpha value is -2.10. The summed E-state index contributed by atoms with van der Waals surface area (Å²) in [6, 6.07) is 1.18. The van der Waals surface area contributed by atoms with Gasteiger partial charge >= 0.3 is 12.1 Å². The minimum atomic E-state index is -5.08. The fourth-order valence-corrected chi connectivity index (χ4v) is 2.86. The molecule has 0 aliphatic carbocycles. The Morgan fingerprint density at radius 2 is 1.79 bits per heavy atom. The van der Waals surface area contributed by atoms with Gasteiger partial charge in [0.15, 0.2) is 5.82 Å². The first-order valence-corrected chi connectivity index (χ1v) is 7.21. The van der Waals surface area contributed by atoms with Crippen LogP contribution in [-0.2, 0) is 4.79 Å². The van der Waals surface area contributed by atoms with Crippen LogP contribution in [0.3, 0.4) is 0 Å². The van der Waals surface area contributed by atoms with Crippen LogP contribution in [0.25, 0.3) is 0 Å². The number of furan rings is 1. The molecule has 0 unspecified atom stereocenters. The zero-order chi connectivity index (χ0) is 17.9. The van der Waals surface area contributed by atoms with E-state index in [1.807, 2.05) is 0 Å². The van der Waals surface area contributed by atoms with Crippen LogP contribution in [0.4, 0.5) is 17.6 Å². The number of rotatable bonds is 1. The number of carboxylic acid groups (broad SMARTS) is 1. The second-order valence-electron chi connectivity index (χ2n) is 5.74. The van der Waals surface area contributed by atoms with Gasteiger partial charge in [-0.2, -0.15) is 13.2 Å². The molecule has 134 valence electrons. The lowest BCUT2D eigenvalue weighted by molar-refractivity contribution is -0.192. The molecule has 0 spiro atoms. The van der Waals surface area contributed by atoms with E-state index in [4.69, 9.17) is 14.3 Å². The predicted molar refractivity (Wildman–Crippen MR) is 72.7 cm³/mol. The number of nitrogens with one attached hydrogen (secondary N) is 1. The summed E-state index contributed by atoms with van der Waals surface area (Å²) in [6.45, 7) is 3.28. The van der Waals surface area contributed by atoms with E-state index in [0.29, 0.717) is 24.9 Å². The summed E-state index contributed by atoms with van der Waals surface area (Å²) in [4.78, 5) is 22.7. The molecule has 0 radical (unpaired) electrons. The van der Waals surface area contributed by atoms with E-state index in [-0.39, 0.29) is 11.7 Å². The number of alkyl halides is 3. The van der Waals surface area contributed by atoms with Crippen molar-refractivity contribution in [2.75, 3.05) is 26.2 Å². The van der Waals surface area contributed by atoms with Crippen LogP contribution in [0.15, 0.2) is 16.7 Å².